The van der Waals surface area contributed by atoms with E-state index < -0.39 is 52.1 Å². The molecule has 2 aliphatic rings. The van der Waals surface area contributed by atoms with Crippen molar-refractivity contribution in [3.63, 3.8) is 0 Å². The molecule has 2 fully saturated rings. The SMILES string of the molecule is CC1(C)S[C@H]([C@H](NC(=O)[C@H](N=[N+]2CCNC2=O)c2ccccc2)C(=O)O)N[C@H]1C(=O)O. The second kappa shape index (κ2) is 9.02. The minimum atomic E-state index is -1.41. The summed E-state index contributed by atoms with van der Waals surface area (Å²) in [6, 6.07) is 4.50. The fourth-order valence-corrected chi connectivity index (χ4v) is 4.93. The molecule has 0 radical (unpaired) electrons. The van der Waals surface area contributed by atoms with Crippen molar-refractivity contribution in [2.45, 2.75) is 42.1 Å². The number of aliphatic carboxylic acids is 2. The van der Waals surface area contributed by atoms with Crippen molar-refractivity contribution in [1.82, 2.24) is 16.0 Å². The Balaban J connectivity index is 1.86. The van der Waals surface area contributed by atoms with Gasteiger partial charge in [0.15, 0.2) is 18.6 Å². The zero-order chi connectivity index (χ0) is 22.8. The van der Waals surface area contributed by atoms with E-state index in [2.05, 4.69) is 21.1 Å². The molecule has 4 atom stereocenters. The van der Waals surface area contributed by atoms with E-state index in [1.807, 2.05) is 0 Å². The number of carbonyl (C=O) groups excluding carboxylic acids is 2. The van der Waals surface area contributed by atoms with Gasteiger partial charge in [-0.3, -0.25) is 14.9 Å². The predicted octanol–water partition coefficient (Wildman–Crippen LogP) is 0.379. The number of carboxylic acids is 2. The van der Waals surface area contributed by atoms with Crippen molar-refractivity contribution in [2.75, 3.05) is 13.1 Å². The maximum atomic E-state index is 13.1. The van der Waals surface area contributed by atoms with Gasteiger partial charge in [0, 0.05) is 4.75 Å². The van der Waals surface area contributed by atoms with Gasteiger partial charge >= 0.3 is 18.0 Å². The van der Waals surface area contributed by atoms with Gasteiger partial charge in [-0.05, 0) is 19.4 Å². The monoisotopic (exact) mass is 450 g/mol. The Morgan fingerprint density at radius 2 is 1.94 bits per heavy atom. The highest BCUT2D eigenvalue weighted by Crippen LogP contribution is 2.39. The van der Waals surface area contributed by atoms with Gasteiger partial charge in [-0.25, -0.2) is 10.1 Å². The van der Waals surface area contributed by atoms with Crippen LogP contribution >= 0.6 is 11.8 Å². The number of azo groups is 2. The highest BCUT2D eigenvalue weighted by molar-refractivity contribution is 8.01. The van der Waals surface area contributed by atoms with Gasteiger partial charge in [-0.1, -0.05) is 35.0 Å². The number of rotatable bonds is 7. The molecule has 2 heterocycles. The fourth-order valence-electron chi connectivity index (χ4n) is 3.44. The van der Waals surface area contributed by atoms with E-state index in [1.165, 1.54) is 0 Å². The molecule has 3 amide bonds. The van der Waals surface area contributed by atoms with Crippen LogP contribution in [0.15, 0.2) is 35.4 Å². The topological polar surface area (TPSA) is 160 Å². The first kappa shape index (κ1) is 22.7. The summed E-state index contributed by atoms with van der Waals surface area (Å²) in [4.78, 5) is 48.5. The molecule has 0 saturated carbocycles. The van der Waals surface area contributed by atoms with Crippen molar-refractivity contribution in [3.05, 3.63) is 35.9 Å². The van der Waals surface area contributed by atoms with Gasteiger partial charge in [0.2, 0.25) is 0 Å². The number of hydrogen-bond acceptors (Lipinski definition) is 7. The molecule has 0 spiro atoms. The first-order chi connectivity index (χ1) is 14.6. The number of thioether (sulfide) groups is 1. The molecule has 1 aromatic rings. The van der Waals surface area contributed by atoms with E-state index in [0.29, 0.717) is 12.1 Å². The summed E-state index contributed by atoms with van der Waals surface area (Å²) >= 11 is 1.13. The summed E-state index contributed by atoms with van der Waals surface area (Å²) in [5.74, 6) is -3.13. The van der Waals surface area contributed by atoms with Crippen LogP contribution in [0.25, 0.3) is 0 Å². The van der Waals surface area contributed by atoms with Gasteiger partial charge < -0.3 is 15.5 Å². The normalized spacial score (nSPS) is 25.6. The summed E-state index contributed by atoms with van der Waals surface area (Å²) < 4.78 is 0.352. The van der Waals surface area contributed by atoms with E-state index in [9.17, 15) is 29.4 Å². The molecule has 2 saturated heterocycles. The minimum absolute atomic E-state index is 0.284. The van der Waals surface area contributed by atoms with Gasteiger partial charge in [-0.15, -0.1) is 16.9 Å². The smallest absolute Gasteiger partial charge is 0.480 e. The summed E-state index contributed by atoms with van der Waals surface area (Å²) in [7, 11) is 0. The van der Waals surface area contributed by atoms with Crippen LogP contribution in [0.3, 0.4) is 0 Å². The van der Waals surface area contributed by atoms with Gasteiger partial charge in [0.25, 0.3) is 5.91 Å². The largest absolute Gasteiger partial charge is 0.511 e. The van der Waals surface area contributed by atoms with E-state index >= 15 is 0 Å². The second-order valence-corrected chi connectivity index (χ2v) is 9.48. The molecule has 0 bridgehead atoms. The van der Waals surface area contributed by atoms with Crippen LogP contribution in [0.5, 0.6) is 0 Å². The van der Waals surface area contributed by atoms with Gasteiger partial charge in [0.05, 0.1) is 5.37 Å². The first-order valence-corrected chi connectivity index (χ1v) is 10.5. The summed E-state index contributed by atoms with van der Waals surface area (Å²) in [6.07, 6.45) is 0. The Hall–Kier alpha value is -2.99. The lowest BCUT2D eigenvalue weighted by Gasteiger charge is -2.23. The highest BCUT2D eigenvalue weighted by Gasteiger charge is 2.49. The molecule has 2 aliphatic heterocycles. The number of benzene rings is 1. The van der Waals surface area contributed by atoms with Crippen LogP contribution in [-0.2, 0) is 14.4 Å². The zero-order valence-electron chi connectivity index (χ0n) is 16.9. The lowest BCUT2D eigenvalue weighted by atomic mass is 10.0. The van der Waals surface area contributed by atoms with Gasteiger partial charge in [-0.2, -0.15) is 4.79 Å². The standard InChI is InChI=1S/C19H23N5O6S/c1-19(2)13(17(28)29)22-15(31-19)12(16(26)27)21-14(25)11(10-6-4-3-5-7-10)23-24-9-8-20-18(24)30/h3-7,11-13,15,22H,8-9H2,1-2H3,(H3-,20,21,25,26,27,28,29,30)/p+1/t11-,12+,13+,15-/m1/s1. The van der Waals surface area contributed by atoms with Crippen LogP contribution < -0.4 is 16.0 Å². The Morgan fingerprint density at radius 1 is 1.26 bits per heavy atom. The Bertz CT molecular complexity index is 922. The average Bonchev–Trinajstić information content (AvgIpc) is 3.26. The fraction of sp³-hybridized carbons (Fsp3) is 0.474. The summed E-state index contributed by atoms with van der Waals surface area (Å²) in [5.41, 5.74) is 0.486. The Kier molecular flexibility index (Phi) is 6.60. The third kappa shape index (κ3) is 5.02. The Morgan fingerprint density at radius 3 is 2.45 bits per heavy atom. The predicted molar refractivity (Wildman–Crippen MR) is 110 cm³/mol. The highest BCUT2D eigenvalue weighted by atomic mass is 32.2. The lowest BCUT2D eigenvalue weighted by Crippen LogP contribution is -2.54. The molecule has 31 heavy (non-hydrogen) atoms. The van der Waals surface area contributed by atoms with Crippen LogP contribution in [-0.4, -0.2) is 74.1 Å². The number of carboxylic acid groups (broad SMARTS) is 2. The van der Waals surface area contributed by atoms with E-state index in [4.69, 9.17) is 0 Å². The maximum Gasteiger partial charge on any atom is 0.511 e. The van der Waals surface area contributed by atoms with Gasteiger partial charge in [0.1, 0.15) is 12.6 Å². The number of hydrogen-bond donors (Lipinski definition) is 5. The average molecular weight is 450 g/mol. The number of nitrogens with zero attached hydrogens (tertiary/aromatic N) is 2. The number of urea groups is 1. The third-order valence-electron chi connectivity index (χ3n) is 5.02. The molecule has 0 aromatic heterocycles. The lowest BCUT2D eigenvalue weighted by molar-refractivity contribution is -0.486. The number of carbonyl (C=O) groups is 4. The maximum absolute atomic E-state index is 13.1. The number of nitrogens with one attached hydrogen (secondary N) is 3. The van der Waals surface area contributed by atoms with Crippen molar-refractivity contribution >= 4 is 35.6 Å². The minimum Gasteiger partial charge on any atom is -0.480 e. The van der Waals surface area contributed by atoms with Crippen LogP contribution in [0.4, 0.5) is 4.79 Å². The number of amides is 3. The molecule has 0 unspecified atom stereocenters. The summed E-state index contributed by atoms with van der Waals surface area (Å²) in [5, 5.41) is 30.4. The molecular formula is C19H24N5O6S+. The van der Waals surface area contributed by atoms with Crippen LogP contribution in [0, 0.1) is 0 Å². The van der Waals surface area contributed by atoms with Crippen molar-refractivity contribution < 1.29 is 34.1 Å². The zero-order valence-corrected chi connectivity index (χ0v) is 17.8. The molecule has 166 valence electrons. The van der Waals surface area contributed by atoms with Crippen molar-refractivity contribution in [2.24, 2.45) is 5.11 Å². The molecule has 11 nitrogen and oxygen atoms in total. The van der Waals surface area contributed by atoms with E-state index in [0.717, 1.165) is 16.5 Å². The van der Waals surface area contributed by atoms with Crippen LogP contribution in [0.2, 0.25) is 0 Å². The quantitative estimate of drug-likeness (QED) is 0.373. The van der Waals surface area contributed by atoms with Crippen LogP contribution in [0.1, 0.15) is 25.5 Å². The Labute approximate surface area is 182 Å². The van der Waals surface area contributed by atoms with E-state index in [1.54, 1.807) is 44.2 Å². The molecule has 12 heteroatoms. The molecule has 1 aromatic carbocycles. The third-order valence-corrected chi connectivity index (χ3v) is 6.53. The molecule has 3 rings (SSSR count). The molecular weight excluding hydrogens is 426 g/mol. The second-order valence-electron chi connectivity index (χ2n) is 7.69. The first-order valence-electron chi connectivity index (χ1n) is 9.61. The molecule has 0 aliphatic carbocycles. The summed E-state index contributed by atoms with van der Waals surface area (Å²) in [6.45, 7) is 4.06. The van der Waals surface area contributed by atoms with E-state index in [-0.39, 0.29) is 6.54 Å². The van der Waals surface area contributed by atoms with Crippen molar-refractivity contribution in [3.8, 4) is 0 Å². The molecule has 5 N–H and O–H groups in total. The van der Waals surface area contributed by atoms with Crippen molar-refractivity contribution in [1.29, 1.82) is 0 Å².